The molecular formula is C11H7ClF3N3S. The van der Waals surface area contributed by atoms with Crippen LogP contribution in [0.4, 0.5) is 13.2 Å². The van der Waals surface area contributed by atoms with Crippen LogP contribution in [0.2, 0.25) is 5.02 Å². The molecule has 0 fully saturated rings. The molecule has 8 heteroatoms. The van der Waals surface area contributed by atoms with E-state index in [1.807, 2.05) is 0 Å². The third kappa shape index (κ3) is 2.87. The van der Waals surface area contributed by atoms with Gasteiger partial charge in [-0.15, -0.1) is 0 Å². The van der Waals surface area contributed by atoms with E-state index in [4.69, 9.17) is 29.6 Å². The van der Waals surface area contributed by atoms with Crippen molar-refractivity contribution in [3.63, 3.8) is 0 Å². The van der Waals surface area contributed by atoms with E-state index in [0.29, 0.717) is 11.3 Å². The highest BCUT2D eigenvalue weighted by molar-refractivity contribution is 7.80. The fraction of sp³-hybridized carbons (Fsp3) is 0.0909. The molecule has 0 unspecified atom stereocenters. The van der Waals surface area contributed by atoms with Crippen LogP contribution in [0.15, 0.2) is 30.5 Å². The van der Waals surface area contributed by atoms with Crippen LogP contribution >= 0.6 is 23.8 Å². The third-order valence-electron chi connectivity index (χ3n) is 2.36. The second-order valence-electron chi connectivity index (χ2n) is 3.67. The van der Waals surface area contributed by atoms with Crippen LogP contribution in [0, 0.1) is 0 Å². The van der Waals surface area contributed by atoms with E-state index in [0.717, 1.165) is 10.7 Å². The molecule has 0 aliphatic carbocycles. The molecule has 0 atom stereocenters. The second-order valence-corrected chi connectivity index (χ2v) is 4.52. The Balaban J connectivity index is 2.43. The highest BCUT2D eigenvalue weighted by Gasteiger charge is 2.33. The number of nitrogens with two attached hydrogens (primary N) is 1. The number of thiocarbonyl (C=S) groups is 1. The molecule has 0 amide bonds. The summed E-state index contributed by atoms with van der Waals surface area (Å²) in [5.41, 5.74) is 5.30. The van der Waals surface area contributed by atoms with Gasteiger partial charge in [-0.2, -0.15) is 18.3 Å². The summed E-state index contributed by atoms with van der Waals surface area (Å²) in [5.74, 6) is 0. The maximum absolute atomic E-state index is 12.4. The van der Waals surface area contributed by atoms with Gasteiger partial charge in [0.2, 0.25) is 0 Å². The number of hydrogen-bond acceptors (Lipinski definition) is 2. The zero-order chi connectivity index (χ0) is 14.2. The monoisotopic (exact) mass is 305 g/mol. The highest BCUT2D eigenvalue weighted by Crippen LogP contribution is 2.29. The van der Waals surface area contributed by atoms with Crippen LogP contribution in [0.1, 0.15) is 11.3 Å². The number of rotatable bonds is 2. The minimum Gasteiger partial charge on any atom is -0.389 e. The average molecular weight is 306 g/mol. The number of aromatic nitrogens is 2. The van der Waals surface area contributed by atoms with E-state index in [2.05, 4.69) is 5.10 Å². The largest absolute Gasteiger partial charge is 0.435 e. The number of benzene rings is 1. The second kappa shape index (κ2) is 4.82. The van der Waals surface area contributed by atoms with E-state index in [-0.39, 0.29) is 10.0 Å². The first-order chi connectivity index (χ1) is 8.79. The molecule has 1 heterocycles. The van der Waals surface area contributed by atoms with Gasteiger partial charge in [0.1, 0.15) is 4.99 Å². The third-order valence-corrected chi connectivity index (χ3v) is 2.90. The molecule has 100 valence electrons. The van der Waals surface area contributed by atoms with Crippen molar-refractivity contribution >= 4 is 28.8 Å². The Morgan fingerprint density at radius 2 is 2.00 bits per heavy atom. The Labute approximate surface area is 116 Å². The predicted octanol–water partition coefficient (Wildman–Crippen LogP) is 3.18. The van der Waals surface area contributed by atoms with Crippen LogP contribution in [0.25, 0.3) is 5.69 Å². The summed E-state index contributed by atoms with van der Waals surface area (Å²) in [6.07, 6.45) is -3.30. The molecule has 0 spiro atoms. The highest BCUT2D eigenvalue weighted by atomic mass is 35.5. The fourth-order valence-corrected chi connectivity index (χ4v) is 1.85. The summed E-state index contributed by atoms with van der Waals surface area (Å²) < 4.78 is 38.4. The van der Waals surface area contributed by atoms with Crippen molar-refractivity contribution in [2.24, 2.45) is 5.73 Å². The van der Waals surface area contributed by atoms with Gasteiger partial charge in [-0.05, 0) is 24.3 Å². The molecule has 3 nitrogen and oxygen atoms in total. The lowest BCUT2D eigenvalue weighted by atomic mass is 10.2. The van der Waals surface area contributed by atoms with Gasteiger partial charge in [0, 0.05) is 11.8 Å². The topological polar surface area (TPSA) is 43.8 Å². The number of hydrogen-bond donors (Lipinski definition) is 1. The minimum atomic E-state index is -4.49. The van der Waals surface area contributed by atoms with Gasteiger partial charge in [-0.3, -0.25) is 0 Å². The lowest BCUT2D eigenvalue weighted by Crippen LogP contribution is -2.10. The van der Waals surface area contributed by atoms with Gasteiger partial charge in [0.05, 0.1) is 10.7 Å². The van der Waals surface area contributed by atoms with Crippen molar-refractivity contribution in [1.82, 2.24) is 9.78 Å². The quantitative estimate of drug-likeness (QED) is 0.867. The maximum Gasteiger partial charge on any atom is 0.435 e. The lowest BCUT2D eigenvalue weighted by molar-refractivity contribution is -0.141. The van der Waals surface area contributed by atoms with Gasteiger partial charge in [-0.1, -0.05) is 23.8 Å². The van der Waals surface area contributed by atoms with E-state index in [1.165, 1.54) is 18.3 Å². The molecule has 19 heavy (non-hydrogen) atoms. The van der Waals surface area contributed by atoms with Crippen LogP contribution < -0.4 is 5.73 Å². The van der Waals surface area contributed by atoms with Gasteiger partial charge in [0.25, 0.3) is 0 Å². The fourth-order valence-electron chi connectivity index (χ4n) is 1.46. The van der Waals surface area contributed by atoms with Crippen molar-refractivity contribution in [3.05, 3.63) is 46.7 Å². The first kappa shape index (κ1) is 13.8. The molecule has 0 aliphatic heterocycles. The van der Waals surface area contributed by atoms with Gasteiger partial charge in [-0.25, -0.2) is 4.68 Å². The summed E-state index contributed by atoms with van der Waals surface area (Å²) in [5, 5.41) is 3.64. The zero-order valence-corrected chi connectivity index (χ0v) is 10.9. The van der Waals surface area contributed by atoms with Crippen molar-refractivity contribution in [2.75, 3.05) is 0 Å². The summed E-state index contributed by atoms with van der Waals surface area (Å²) >= 11 is 10.8. The van der Waals surface area contributed by atoms with Crippen molar-refractivity contribution in [1.29, 1.82) is 0 Å². The molecule has 0 bridgehead atoms. The summed E-state index contributed by atoms with van der Waals surface area (Å²) in [4.78, 5) is 0.157. The maximum atomic E-state index is 12.4. The van der Waals surface area contributed by atoms with Gasteiger partial charge in [0.15, 0.2) is 5.69 Å². The van der Waals surface area contributed by atoms with Gasteiger partial charge < -0.3 is 5.73 Å². The molecular weight excluding hydrogens is 299 g/mol. The molecule has 0 saturated heterocycles. The summed E-state index contributed by atoms with van der Waals surface area (Å²) in [6.45, 7) is 0. The molecule has 2 rings (SSSR count). The average Bonchev–Trinajstić information content (AvgIpc) is 2.77. The first-order valence-corrected chi connectivity index (χ1v) is 5.80. The van der Waals surface area contributed by atoms with E-state index < -0.39 is 11.9 Å². The first-order valence-electron chi connectivity index (χ1n) is 5.01. The molecule has 1 aromatic carbocycles. The number of alkyl halides is 3. The Morgan fingerprint density at radius 1 is 1.32 bits per heavy atom. The van der Waals surface area contributed by atoms with Crippen LogP contribution in [-0.4, -0.2) is 14.8 Å². The van der Waals surface area contributed by atoms with Gasteiger partial charge >= 0.3 is 6.18 Å². The number of halogens is 4. The van der Waals surface area contributed by atoms with E-state index in [1.54, 1.807) is 6.07 Å². The van der Waals surface area contributed by atoms with E-state index >= 15 is 0 Å². The van der Waals surface area contributed by atoms with Crippen LogP contribution in [0.3, 0.4) is 0 Å². The van der Waals surface area contributed by atoms with E-state index in [9.17, 15) is 13.2 Å². The molecule has 2 N–H and O–H groups in total. The Morgan fingerprint density at radius 3 is 2.47 bits per heavy atom. The SMILES string of the molecule is NC(=S)c1ccc(-n2ccc(C(F)(F)F)n2)c(Cl)c1. The Hall–Kier alpha value is -1.60. The van der Waals surface area contributed by atoms with Crippen LogP contribution in [0.5, 0.6) is 0 Å². The van der Waals surface area contributed by atoms with Crippen molar-refractivity contribution in [2.45, 2.75) is 6.18 Å². The minimum absolute atomic E-state index is 0.157. The van der Waals surface area contributed by atoms with Crippen molar-refractivity contribution in [3.8, 4) is 5.69 Å². The summed E-state index contributed by atoms with van der Waals surface area (Å²) in [7, 11) is 0. The normalized spacial score (nSPS) is 11.6. The smallest absolute Gasteiger partial charge is 0.389 e. The van der Waals surface area contributed by atoms with Crippen LogP contribution in [-0.2, 0) is 6.18 Å². The number of nitrogens with zero attached hydrogens (tertiary/aromatic N) is 2. The molecule has 0 aliphatic rings. The van der Waals surface area contributed by atoms with Crippen molar-refractivity contribution < 1.29 is 13.2 Å². The molecule has 1 aromatic heterocycles. The molecule has 0 saturated carbocycles. The Bertz CT molecular complexity index is 636. The predicted molar refractivity (Wildman–Crippen MR) is 69.5 cm³/mol. The lowest BCUT2D eigenvalue weighted by Gasteiger charge is -2.07. The standard InChI is InChI=1S/C11H7ClF3N3S/c12-7-5-6(10(16)19)1-2-8(7)18-4-3-9(17-18)11(13,14)15/h1-5H,(H2,16,19). The Kier molecular flexibility index (Phi) is 3.51. The summed E-state index contributed by atoms with van der Waals surface area (Å²) in [6, 6.07) is 5.43. The molecule has 2 aromatic rings. The zero-order valence-electron chi connectivity index (χ0n) is 9.28. The molecule has 0 radical (unpaired) electrons.